The average Bonchev–Trinajstić information content (AvgIpc) is 2.59. The molecule has 0 radical (unpaired) electrons. The number of rotatable bonds is 4. The Morgan fingerprint density at radius 1 is 1.19 bits per heavy atom. The molecule has 0 aromatic carbocycles. The van der Waals surface area contributed by atoms with Crippen molar-refractivity contribution in [3.8, 4) is 12.1 Å². The zero-order chi connectivity index (χ0) is 20.1. The van der Waals surface area contributed by atoms with Gasteiger partial charge in [0, 0.05) is 10.8 Å². The Hall–Kier alpha value is -2.51. The van der Waals surface area contributed by atoms with Gasteiger partial charge in [0.25, 0.3) is 0 Å². The number of hydrogen-bond acceptors (Lipinski definition) is 7. The molecule has 0 saturated carbocycles. The van der Waals surface area contributed by atoms with Crippen LogP contribution in [0.4, 0.5) is 0 Å². The summed E-state index contributed by atoms with van der Waals surface area (Å²) < 4.78 is 9.49. The maximum Gasteiger partial charge on any atom is 0.349 e. The van der Waals surface area contributed by atoms with Gasteiger partial charge < -0.3 is 9.47 Å². The van der Waals surface area contributed by atoms with Crippen LogP contribution in [-0.4, -0.2) is 32.4 Å². The molecular formula is C19H22N2O4S. The number of esters is 2. The molecule has 1 atom stereocenters. The highest BCUT2D eigenvalue weighted by Gasteiger charge is 2.42. The average molecular weight is 374 g/mol. The lowest BCUT2D eigenvalue weighted by Crippen LogP contribution is -2.32. The van der Waals surface area contributed by atoms with Crippen molar-refractivity contribution >= 4 is 23.7 Å². The minimum Gasteiger partial charge on any atom is -0.465 e. The second-order valence-corrected chi connectivity index (χ2v) is 7.42. The molecule has 0 aromatic rings. The molecule has 0 N–H and O–H groups in total. The first-order valence-corrected chi connectivity index (χ1v) is 9.07. The number of nitriles is 2. The Morgan fingerprint density at radius 3 is 2.19 bits per heavy atom. The van der Waals surface area contributed by atoms with Crippen LogP contribution in [0.3, 0.4) is 0 Å². The maximum absolute atomic E-state index is 12.1. The smallest absolute Gasteiger partial charge is 0.349 e. The summed E-state index contributed by atoms with van der Waals surface area (Å²) in [6, 6.07) is 3.83. The Labute approximate surface area is 158 Å². The lowest BCUT2D eigenvalue weighted by molar-refractivity contribution is -0.136. The molecule has 0 aromatic heterocycles. The Bertz CT molecular complexity index is 791. The van der Waals surface area contributed by atoms with E-state index in [1.165, 1.54) is 26.0 Å². The zero-order valence-corrected chi connectivity index (χ0v) is 16.6. The van der Waals surface area contributed by atoms with E-state index in [1.807, 2.05) is 32.9 Å². The third-order valence-corrected chi connectivity index (χ3v) is 5.13. The SMILES string of the molecule is COC(=O)/C(C#N)=C(\SC)[C@H]1/C(=C(\C#N)C(=O)OC)C=C(C)CC1(C)C. The maximum atomic E-state index is 12.1. The molecule has 6 nitrogen and oxygen atoms in total. The van der Waals surface area contributed by atoms with Crippen molar-refractivity contribution in [2.75, 3.05) is 20.5 Å². The van der Waals surface area contributed by atoms with Crippen LogP contribution in [0.2, 0.25) is 0 Å². The van der Waals surface area contributed by atoms with Crippen LogP contribution in [0, 0.1) is 34.0 Å². The molecule has 1 aliphatic rings. The van der Waals surface area contributed by atoms with E-state index >= 15 is 0 Å². The van der Waals surface area contributed by atoms with Gasteiger partial charge in [-0.1, -0.05) is 25.5 Å². The molecule has 0 heterocycles. The van der Waals surface area contributed by atoms with Gasteiger partial charge in [0.2, 0.25) is 0 Å². The van der Waals surface area contributed by atoms with Crippen molar-refractivity contribution in [1.29, 1.82) is 10.5 Å². The third kappa shape index (κ3) is 4.17. The summed E-state index contributed by atoms with van der Waals surface area (Å²) in [5.74, 6) is -1.98. The summed E-state index contributed by atoms with van der Waals surface area (Å²) >= 11 is 1.24. The van der Waals surface area contributed by atoms with Gasteiger partial charge in [-0.05, 0) is 30.6 Å². The number of ether oxygens (including phenoxy) is 2. The lowest BCUT2D eigenvalue weighted by atomic mass is 9.65. The fraction of sp³-hybridized carbons (Fsp3) is 0.474. The first-order valence-electron chi connectivity index (χ1n) is 7.84. The predicted octanol–water partition coefficient (Wildman–Crippen LogP) is 3.29. The first-order chi connectivity index (χ1) is 12.2. The van der Waals surface area contributed by atoms with Crippen molar-refractivity contribution in [2.45, 2.75) is 27.2 Å². The summed E-state index contributed by atoms with van der Waals surface area (Å²) in [6.45, 7) is 5.87. The van der Waals surface area contributed by atoms with Gasteiger partial charge in [-0.2, -0.15) is 10.5 Å². The first kappa shape index (κ1) is 21.5. The normalized spacial score (nSPS) is 21.4. The van der Waals surface area contributed by atoms with Crippen molar-refractivity contribution in [1.82, 2.24) is 0 Å². The lowest BCUT2D eigenvalue weighted by Gasteiger charge is -2.41. The summed E-state index contributed by atoms with van der Waals surface area (Å²) in [5.41, 5.74) is 0.770. The molecule has 1 rings (SSSR count). The highest BCUT2D eigenvalue weighted by molar-refractivity contribution is 8.02. The number of allylic oxidation sites excluding steroid dienone is 4. The number of carbonyl (C=O) groups is 2. The van der Waals surface area contributed by atoms with Gasteiger partial charge >= 0.3 is 11.9 Å². The van der Waals surface area contributed by atoms with E-state index in [4.69, 9.17) is 9.47 Å². The van der Waals surface area contributed by atoms with Crippen LogP contribution in [-0.2, 0) is 19.1 Å². The molecular weight excluding hydrogens is 352 g/mol. The minimum absolute atomic E-state index is 0.120. The van der Waals surface area contributed by atoms with Gasteiger partial charge in [0.1, 0.15) is 23.3 Å². The fourth-order valence-corrected chi connectivity index (χ4v) is 4.37. The van der Waals surface area contributed by atoms with Gasteiger partial charge in [0.05, 0.1) is 14.2 Å². The van der Waals surface area contributed by atoms with E-state index < -0.39 is 23.3 Å². The molecule has 0 fully saturated rings. The molecule has 0 bridgehead atoms. The molecule has 7 heteroatoms. The standard InChI is InChI=1S/C19H22N2O4S/c1-11-7-12(13(9-20)17(22)24-4)15(19(2,3)8-11)16(26-6)14(10-21)18(23)25-5/h7,15H,8H2,1-6H3/b13-12+,16-14-/t15-/m1/s1. The largest absolute Gasteiger partial charge is 0.465 e. The summed E-state index contributed by atoms with van der Waals surface area (Å²) in [7, 11) is 2.42. The van der Waals surface area contributed by atoms with E-state index in [0.717, 1.165) is 5.57 Å². The van der Waals surface area contributed by atoms with Gasteiger partial charge in [0.15, 0.2) is 0 Å². The topological polar surface area (TPSA) is 100 Å². The predicted molar refractivity (Wildman–Crippen MR) is 98.5 cm³/mol. The Morgan fingerprint density at radius 2 is 1.77 bits per heavy atom. The van der Waals surface area contributed by atoms with Gasteiger partial charge in [-0.15, -0.1) is 11.8 Å². The molecule has 0 unspecified atom stereocenters. The van der Waals surface area contributed by atoms with Crippen molar-refractivity contribution in [3.63, 3.8) is 0 Å². The fourth-order valence-electron chi connectivity index (χ4n) is 3.35. The van der Waals surface area contributed by atoms with E-state index in [-0.39, 0.29) is 11.1 Å². The van der Waals surface area contributed by atoms with Crippen LogP contribution in [0.1, 0.15) is 27.2 Å². The summed E-state index contributed by atoms with van der Waals surface area (Å²) in [6.07, 6.45) is 4.21. The van der Waals surface area contributed by atoms with Crippen molar-refractivity contribution in [2.24, 2.45) is 11.3 Å². The zero-order valence-electron chi connectivity index (χ0n) is 15.8. The molecule has 0 saturated heterocycles. The van der Waals surface area contributed by atoms with Gasteiger partial charge in [-0.25, -0.2) is 9.59 Å². The van der Waals surface area contributed by atoms with Crippen LogP contribution in [0.5, 0.6) is 0 Å². The number of carbonyl (C=O) groups excluding carboxylic acids is 2. The van der Waals surface area contributed by atoms with E-state index in [0.29, 0.717) is 16.9 Å². The molecule has 26 heavy (non-hydrogen) atoms. The summed E-state index contributed by atoms with van der Waals surface area (Å²) in [4.78, 5) is 24.7. The van der Waals surface area contributed by atoms with Crippen LogP contribution < -0.4 is 0 Å². The van der Waals surface area contributed by atoms with Crippen LogP contribution >= 0.6 is 11.8 Å². The van der Waals surface area contributed by atoms with E-state index in [1.54, 1.807) is 12.3 Å². The summed E-state index contributed by atoms with van der Waals surface area (Å²) in [5, 5.41) is 19.1. The van der Waals surface area contributed by atoms with Crippen LogP contribution in [0.15, 0.2) is 33.3 Å². The second-order valence-electron chi connectivity index (χ2n) is 6.57. The minimum atomic E-state index is -0.744. The second kappa shape index (κ2) is 8.73. The Balaban J connectivity index is 3.92. The number of hydrogen-bond donors (Lipinski definition) is 0. The van der Waals surface area contributed by atoms with Gasteiger partial charge in [-0.3, -0.25) is 0 Å². The van der Waals surface area contributed by atoms with Crippen molar-refractivity contribution in [3.05, 3.63) is 33.3 Å². The third-order valence-electron chi connectivity index (χ3n) is 4.25. The van der Waals surface area contributed by atoms with Crippen molar-refractivity contribution < 1.29 is 19.1 Å². The highest BCUT2D eigenvalue weighted by Crippen LogP contribution is 2.51. The number of thioether (sulfide) groups is 1. The molecule has 0 aliphatic heterocycles. The van der Waals surface area contributed by atoms with E-state index in [2.05, 4.69) is 0 Å². The highest BCUT2D eigenvalue weighted by atomic mass is 32.2. The molecule has 1 aliphatic carbocycles. The molecule has 0 spiro atoms. The quantitative estimate of drug-likeness (QED) is 0.423. The molecule has 138 valence electrons. The number of methoxy groups -OCH3 is 2. The van der Waals surface area contributed by atoms with Crippen LogP contribution in [0.25, 0.3) is 0 Å². The Kier molecular flexibility index (Phi) is 7.23. The van der Waals surface area contributed by atoms with E-state index in [9.17, 15) is 20.1 Å². The monoisotopic (exact) mass is 374 g/mol. The molecule has 0 amide bonds. The number of nitrogens with zero attached hydrogens (tertiary/aromatic N) is 2.